The molecule has 0 bridgehead atoms. The van der Waals surface area contributed by atoms with Gasteiger partial charge in [-0.1, -0.05) is 26.8 Å². The summed E-state index contributed by atoms with van der Waals surface area (Å²) in [5.41, 5.74) is 3.57. The molecule has 0 saturated carbocycles. The number of thiazole rings is 1. The predicted molar refractivity (Wildman–Crippen MR) is 142 cm³/mol. The maximum absolute atomic E-state index is 12.6. The topological polar surface area (TPSA) is 102 Å². The Labute approximate surface area is 209 Å². The van der Waals surface area contributed by atoms with Crippen LogP contribution in [0.3, 0.4) is 0 Å². The summed E-state index contributed by atoms with van der Waals surface area (Å²) in [4.78, 5) is 37.7. The highest BCUT2D eigenvalue weighted by Gasteiger charge is 2.22. The molecule has 10 heteroatoms. The van der Waals surface area contributed by atoms with E-state index < -0.39 is 0 Å². The van der Waals surface area contributed by atoms with E-state index in [1.165, 1.54) is 11.3 Å². The van der Waals surface area contributed by atoms with Gasteiger partial charge in [0.2, 0.25) is 0 Å². The lowest BCUT2D eigenvalue weighted by Gasteiger charge is -2.36. The van der Waals surface area contributed by atoms with Gasteiger partial charge in [0.1, 0.15) is 5.82 Å². The molecule has 3 N–H and O–H groups in total. The van der Waals surface area contributed by atoms with Gasteiger partial charge < -0.3 is 15.1 Å². The second-order valence-corrected chi connectivity index (χ2v) is 10.3. The Bertz CT molecular complexity index is 1180. The zero-order valence-corrected chi connectivity index (χ0v) is 21.3. The number of nitrogens with one attached hydrogen (secondary N) is 3. The minimum absolute atomic E-state index is 0.0594. The lowest BCUT2D eigenvalue weighted by atomic mass is 9.93. The van der Waals surface area contributed by atoms with E-state index in [2.05, 4.69) is 51.6 Å². The molecule has 1 aliphatic heterocycles. The lowest BCUT2D eigenvalue weighted by molar-refractivity contribution is 0.208. The number of nitrogens with zero attached hydrogens (tertiary/aromatic N) is 4. The maximum atomic E-state index is 12.6. The number of pyridine rings is 1. The summed E-state index contributed by atoms with van der Waals surface area (Å²) in [6.45, 7) is 10.9. The van der Waals surface area contributed by atoms with Crippen LogP contribution in [0.2, 0.25) is 0 Å². The first-order chi connectivity index (χ1) is 16.7. The van der Waals surface area contributed by atoms with Gasteiger partial charge in [-0.3, -0.25) is 10.6 Å². The van der Waals surface area contributed by atoms with E-state index in [0.29, 0.717) is 29.7 Å². The highest BCUT2D eigenvalue weighted by atomic mass is 32.1. The van der Waals surface area contributed by atoms with E-state index in [-0.39, 0.29) is 17.5 Å². The van der Waals surface area contributed by atoms with Crippen molar-refractivity contribution in [3.05, 3.63) is 59.2 Å². The minimum Gasteiger partial charge on any atom is -0.368 e. The summed E-state index contributed by atoms with van der Waals surface area (Å²) < 4.78 is 0. The number of hydrogen-bond acceptors (Lipinski definition) is 6. The second-order valence-electron chi connectivity index (χ2n) is 9.49. The Balaban J connectivity index is 1.26. The number of aryl methyl sites for hydroxylation is 1. The van der Waals surface area contributed by atoms with Crippen molar-refractivity contribution in [3.63, 3.8) is 0 Å². The Morgan fingerprint density at radius 2 is 1.69 bits per heavy atom. The molecule has 0 spiro atoms. The van der Waals surface area contributed by atoms with E-state index in [1.807, 2.05) is 48.7 Å². The Morgan fingerprint density at radius 1 is 0.971 bits per heavy atom. The largest absolute Gasteiger partial charge is 0.368 e. The first-order valence-corrected chi connectivity index (χ1v) is 12.4. The van der Waals surface area contributed by atoms with Crippen LogP contribution in [0.4, 0.5) is 31.9 Å². The fourth-order valence-corrected chi connectivity index (χ4v) is 4.59. The van der Waals surface area contributed by atoms with Gasteiger partial charge in [-0.05, 0) is 42.8 Å². The first-order valence-electron chi connectivity index (χ1n) is 11.6. The number of benzene rings is 1. The van der Waals surface area contributed by atoms with Crippen molar-refractivity contribution in [1.29, 1.82) is 0 Å². The van der Waals surface area contributed by atoms with E-state index in [1.54, 1.807) is 11.1 Å². The van der Waals surface area contributed by atoms with Gasteiger partial charge in [0.25, 0.3) is 0 Å². The number of carbonyl (C=O) groups is 2. The van der Waals surface area contributed by atoms with Crippen LogP contribution in [0.25, 0.3) is 0 Å². The molecule has 0 radical (unpaired) electrons. The summed E-state index contributed by atoms with van der Waals surface area (Å²) in [7, 11) is 0. The minimum atomic E-state index is -0.324. The van der Waals surface area contributed by atoms with Gasteiger partial charge in [-0.2, -0.15) is 0 Å². The van der Waals surface area contributed by atoms with Crippen molar-refractivity contribution in [3.8, 4) is 0 Å². The van der Waals surface area contributed by atoms with Gasteiger partial charge >= 0.3 is 12.1 Å². The van der Waals surface area contributed by atoms with Crippen molar-refractivity contribution in [1.82, 2.24) is 14.9 Å². The van der Waals surface area contributed by atoms with Gasteiger partial charge in [0.15, 0.2) is 5.13 Å². The molecule has 35 heavy (non-hydrogen) atoms. The molecule has 0 unspecified atom stereocenters. The third kappa shape index (κ3) is 6.27. The Kier molecular flexibility index (Phi) is 7.20. The van der Waals surface area contributed by atoms with Crippen molar-refractivity contribution in [2.45, 2.75) is 33.1 Å². The number of aromatic nitrogens is 2. The number of piperazine rings is 1. The van der Waals surface area contributed by atoms with Crippen LogP contribution in [-0.2, 0) is 5.41 Å². The zero-order chi connectivity index (χ0) is 25.0. The molecule has 1 aromatic carbocycles. The third-order valence-corrected chi connectivity index (χ3v) is 6.54. The number of hydrogen-bond donors (Lipinski definition) is 3. The second kappa shape index (κ2) is 10.3. The smallest absolute Gasteiger partial charge is 0.325 e. The zero-order valence-electron chi connectivity index (χ0n) is 20.5. The first kappa shape index (κ1) is 24.5. The van der Waals surface area contributed by atoms with Crippen molar-refractivity contribution in [2.24, 2.45) is 0 Å². The molecule has 3 aromatic rings. The van der Waals surface area contributed by atoms with Crippen molar-refractivity contribution >= 4 is 45.7 Å². The number of anilines is 4. The molecule has 3 heterocycles. The SMILES string of the molecule is Cc1cccnc1NC(=O)N1CCN(c2ccc(NC(=O)Nc3nc(C(C)(C)C)cs3)cc2)CC1. The fourth-order valence-electron chi connectivity index (χ4n) is 3.66. The van der Waals surface area contributed by atoms with Crippen LogP contribution in [-0.4, -0.2) is 53.1 Å². The molecule has 1 saturated heterocycles. The van der Waals surface area contributed by atoms with E-state index in [0.717, 1.165) is 30.0 Å². The summed E-state index contributed by atoms with van der Waals surface area (Å²) in [5.74, 6) is 0.594. The van der Waals surface area contributed by atoms with Crippen molar-refractivity contribution in [2.75, 3.05) is 47.0 Å². The average molecular weight is 494 g/mol. The van der Waals surface area contributed by atoms with Crippen LogP contribution in [0.15, 0.2) is 48.0 Å². The molecule has 0 aliphatic carbocycles. The highest BCUT2D eigenvalue weighted by Crippen LogP contribution is 2.26. The standard InChI is InChI=1S/C25H31N7O2S/c1-17-6-5-11-26-21(17)29-24(34)32-14-12-31(13-15-32)19-9-7-18(8-10-19)27-22(33)30-23-28-20(16-35-23)25(2,3)4/h5-11,16H,12-15H2,1-4H3,(H,26,29,34)(H2,27,28,30,33). The number of urea groups is 2. The number of carbonyl (C=O) groups excluding carboxylic acids is 2. The van der Waals surface area contributed by atoms with E-state index in [9.17, 15) is 9.59 Å². The van der Waals surface area contributed by atoms with Crippen LogP contribution < -0.4 is 20.9 Å². The Morgan fingerprint density at radius 3 is 2.31 bits per heavy atom. The summed E-state index contributed by atoms with van der Waals surface area (Å²) in [5, 5.41) is 11.1. The molecule has 4 rings (SSSR count). The van der Waals surface area contributed by atoms with Gasteiger partial charge in [0.05, 0.1) is 5.69 Å². The summed E-state index contributed by atoms with van der Waals surface area (Å²) >= 11 is 1.41. The average Bonchev–Trinajstić information content (AvgIpc) is 3.30. The molecule has 1 aliphatic rings. The van der Waals surface area contributed by atoms with Gasteiger partial charge in [0, 0.05) is 54.5 Å². The maximum Gasteiger partial charge on any atom is 0.325 e. The third-order valence-electron chi connectivity index (χ3n) is 5.79. The van der Waals surface area contributed by atoms with Crippen LogP contribution in [0.1, 0.15) is 32.0 Å². The molecule has 9 nitrogen and oxygen atoms in total. The van der Waals surface area contributed by atoms with Crippen molar-refractivity contribution < 1.29 is 9.59 Å². The summed E-state index contributed by atoms with van der Waals surface area (Å²) in [6, 6.07) is 11.0. The summed E-state index contributed by atoms with van der Waals surface area (Å²) in [6.07, 6.45) is 1.67. The number of amides is 4. The lowest BCUT2D eigenvalue weighted by Crippen LogP contribution is -2.50. The molecular formula is C25H31N7O2S. The molecule has 2 aromatic heterocycles. The van der Waals surface area contributed by atoms with Crippen LogP contribution >= 0.6 is 11.3 Å². The van der Waals surface area contributed by atoms with Gasteiger partial charge in [-0.25, -0.2) is 19.6 Å². The fraction of sp³-hybridized carbons (Fsp3) is 0.360. The number of rotatable bonds is 4. The monoisotopic (exact) mass is 493 g/mol. The predicted octanol–water partition coefficient (Wildman–Crippen LogP) is 5.14. The quantitative estimate of drug-likeness (QED) is 0.467. The van der Waals surface area contributed by atoms with E-state index in [4.69, 9.17) is 0 Å². The highest BCUT2D eigenvalue weighted by molar-refractivity contribution is 7.14. The van der Waals surface area contributed by atoms with Gasteiger partial charge in [-0.15, -0.1) is 11.3 Å². The van der Waals surface area contributed by atoms with Crippen LogP contribution in [0, 0.1) is 6.92 Å². The molecule has 184 valence electrons. The molecule has 1 fully saturated rings. The molecule has 0 atom stereocenters. The normalized spacial score (nSPS) is 13.9. The van der Waals surface area contributed by atoms with E-state index >= 15 is 0 Å². The van der Waals surface area contributed by atoms with Crippen LogP contribution in [0.5, 0.6) is 0 Å². The molecule has 4 amide bonds. The Hall–Kier alpha value is -3.66. The molecular weight excluding hydrogens is 462 g/mol.